The summed E-state index contributed by atoms with van der Waals surface area (Å²) in [6.45, 7) is 0.0443. The van der Waals surface area contributed by atoms with Crippen LogP contribution in [-0.4, -0.2) is 38.6 Å². The van der Waals surface area contributed by atoms with Crippen LogP contribution in [0, 0.1) is 0 Å². The van der Waals surface area contributed by atoms with Crippen LogP contribution in [-0.2, 0) is 11.8 Å². The van der Waals surface area contributed by atoms with Gasteiger partial charge in [0, 0.05) is 31.0 Å². The van der Waals surface area contributed by atoms with Crippen LogP contribution in [0.3, 0.4) is 0 Å². The zero-order valence-electron chi connectivity index (χ0n) is 18.5. The van der Waals surface area contributed by atoms with Gasteiger partial charge in [-0.15, -0.1) is 0 Å². The molecule has 0 saturated carbocycles. The Morgan fingerprint density at radius 2 is 1.82 bits per heavy atom. The summed E-state index contributed by atoms with van der Waals surface area (Å²) in [5.74, 6) is 2.39. The largest absolute Gasteiger partial charge is 0.497 e. The number of fused-ring (bicyclic) bond motifs is 2. The highest BCUT2D eigenvalue weighted by Crippen LogP contribution is 2.55. The number of carbonyl (C=O) groups is 1. The Balaban J connectivity index is 1.71. The lowest BCUT2D eigenvalue weighted by Crippen LogP contribution is -2.34. The first-order chi connectivity index (χ1) is 16.0. The second-order valence-corrected chi connectivity index (χ2v) is 8.56. The van der Waals surface area contributed by atoms with Gasteiger partial charge in [-0.05, 0) is 18.2 Å². The van der Waals surface area contributed by atoms with Crippen molar-refractivity contribution in [2.75, 3.05) is 33.0 Å². The maximum Gasteiger partial charge on any atom is 0.308 e. The SMILES string of the molecule is COc1cccc(N2C(=O)CC(c3cc(OC)c4c(c3OC)OCO4)c3sc(=O)n(C)c32)c1. The molecule has 0 N–H and O–H groups in total. The van der Waals surface area contributed by atoms with Crippen molar-refractivity contribution in [2.45, 2.75) is 12.3 Å². The highest BCUT2D eigenvalue weighted by molar-refractivity contribution is 7.10. The molecule has 1 aromatic heterocycles. The molecule has 3 heterocycles. The Labute approximate surface area is 193 Å². The van der Waals surface area contributed by atoms with Gasteiger partial charge in [0.25, 0.3) is 0 Å². The molecule has 172 valence electrons. The van der Waals surface area contributed by atoms with Crippen molar-refractivity contribution in [1.29, 1.82) is 0 Å². The standard InChI is InChI=1S/C23H22N2O7S/c1-24-22-21(33-23(24)27)15(10-17(26)25(22)12-6-5-7-13(8-12)28-2)14-9-16(29-3)19-20(18(14)30-4)32-11-31-19/h5-9,15H,10-11H2,1-4H3. The minimum absolute atomic E-state index is 0.0443. The number of hydrogen-bond acceptors (Lipinski definition) is 8. The molecule has 33 heavy (non-hydrogen) atoms. The maximum atomic E-state index is 13.5. The number of anilines is 2. The zero-order valence-corrected chi connectivity index (χ0v) is 19.4. The van der Waals surface area contributed by atoms with Crippen LogP contribution < -0.4 is 33.5 Å². The molecule has 0 fully saturated rings. The van der Waals surface area contributed by atoms with E-state index in [1.54, 1.807) is 37.3 Å². The lowest BCUT2D eigenvalue weighted by molar-refractivity contribution is -0.118. The van der Waals surface area contributed by atoms with Crippen LogP contribution in [0.2, 0.25) is 0 Å². The molecular formula is C23H22N2O7S. The number of rotatable bonds is 5. The molecule has 0 aliphatic carbocycles. The number of ether oxygens (including phenoxy) is 5. The van der Waals surface area contributed by atoms with E-state index in [0.717, 1.165) is 16.2 Å². The third-order valence-electron chi connectivity index (χ3n) is 5.87. The van der Waals surface area contributed by atoms with Gasteiger partial charge in [-0.1, -0.05) is 17.4 Å². The van der Waals surface area contributed by atoms with E-state index < -0.39 is 5.92 Å². The number of amides is 1. The van der Waals surface area contributed by atoms with Crippen LogP contribution in [0.25, 0.3) is 0 Å². The minimum atomic E-state index is -0.424. The fourth-order valence-electron chi connectivity index (χ4n) is 4.35. The Bertz CT molecular complexity index is 1310. The van der Waals surface area contributed by atoms with E-state index in [2.05, 4.69) is 0 Å². The Morgan fingerprint density at radius 3 is 2.55 bits per heavy atom. The van der Waals surface area contributed by atoms with Gasteiger partial charge < -0.3 is 23.7 Å². The lowest BCUT2D eigenvalue weighted by atomic mass is 9.89. The molecule has 3 aromatic rings. The molecule has 10 heteroatoms. The minimum Gasteiger partial charge on any atom is -0.497 e. The Hall–Kier alpha value is -3.66. The zero-order chi connectivity index (χ0) is 23.3. The average molecular weight is 471 g/mol. The number of carbonyl (C=O) groups excluding carboxylic acids is 1. The maximum absolute atomic E-state index is 13.5. The molecule has 0 saturated heterocycles. The van der Waals surface area contributed by atoms with Crippen LogP contribution in [0.5, 0.6) is 28.7 Å². The van der Waals surface area contributed by atoms with Crippen molar-refractivity contribution in [1.82, 2.24) is 4.57 Å². The predicted octanol–water partition coefficient (Wildman–Crippen LogP) is 3.40. The van der Waals surface area contributed by atoms with Gasteiger partial charge in [0.05, 0.1) is 31.9 Å². The first kappa shape index (κ1) is 21.2. The van der Waals surface area contributed by atoms with Crippen molar-refractivity contribution >= 4 is 28.7 Å². The normalized spacial score (nSPS) is 16.5. The summed E-state index contributed by atoms with van der Waals surface area (Å²) < 4.78 is 29.2. The number of aromatic nitrogens is 1. The van der Waals surface area contributed by atoms with E-state index in [1.165, 1.54) is 18.8 Å². The van der Waals surface area contributed by atoms with Gasteiger partial charge in [-0.2, -0.15) is 0 Å². The summed E-state index contributed by atoms with van der Waals surface area (Å²) in [7, 11) is 6.31. The number of thiazole rings is 1. The second-order valence-electron chi connectivity index (χ2n) is 7.57. The number of nitrogens with zero attached hydrogens (tertiary/aromatic N) is 2. The van der Waals surface area contributed by atoms with E-state index in [-0.39, 0.29) is 24.0 Å². The van der Waals surface area contributed by atoms with Crippen molar-refractivity contribution in [2.24, 2.45) is 7.05 Å². The molecular weight excluding hydrogens is 448 g/mol. The fourth-order valence-corrected chi connectivity index (χ4v) is 5.43. The molecule has 1 atom stereocenters. The van der Waals surface area contributed by atoms with Crippen molar-refractivity contribution in [3.05, 3.63) is 50.4 Å². The molecule has 1 unspecified atom stereocenters. The van der Waals surface area contributed by atoms with E-state index in [0.29, 0.717) is 45.8 Å². The summed E-state index contributed by atoms with van der Waals surface area (Å²) in [5.41, 5.74) is 1.32. The third-order valence-corrected chi connectivity index (χ3v) is 7.00. The molecule has 0 spiro atoms. The number of hydrogen-bond donors (Lipinski definition) is 0. The van der Waals surface area contributed by atoms with E-state index >= 15 is 0 Å². The third kappa shape index (κ3) is 3.20. The predicted molar refractivity (Wildman–Crippen MR) is 122 cm³/mol. The van der Waals surface area contributed by atoms with Crippen molar-refractivity contribution in [3.63, 3.8) is 0 Å². The van der Waals surface area contributed by atoms with Gasteiger partial charge >= 0.3 is 4.87 Å². The van der Waals surface area contributed by atoms with Crippen molar-refractivity contribution < 1.29 is 28.5 Å². The average Bonchev–Trinajstić information content (AvgIpc) is 3.43. The molecule has 0 radical (unpaired) electrons. The van der Waals surface area contributed by atoms with E-state index in [4.69, 9.17) is 23.7 Å². The monoisotopic (exact) mass is 470 g/mol. The highest BCUT2D eigenvalue weighted by atomic mass is 32.1. The molecule has 1 amide bonds. The van der Waals surface area contributed by atoms with Crippen LogP contribution in [0.15, 0.2) is 35.1 Å². The number of methoxy groups -OCH3 is 3. The molecule has 0 bridgehead atoms. The van der Waals surface area contributed by atoms with Crippen LogP contribution in [0.1, 0.15) is 22.8 Å². The van der Waals surface area contributed by atoms with Gasteiger partial charge in [-0.3, -0.25) is 19.1 Å². The lowest BCUT2D eigenvalue weighted by Gasteiger charge is -2.33. The molecule has 2 aromatic carbocycles. The first-order valence-corrected chi connectivity index (χ1v) is 11.0. The highest BCUT2D eigenvalue weighted by Gasteiger charge is 2.40. The van der Waals surface area contributed by atoms with Gasteiger partial charge in [-0.25, -0.2) is 0 Å². The fraction of sp³-hybridized carbons (Fsp3) is 0.304. The summed E-state index contributed by atoms with van der Waals surface area (Å²) in [6.07, 6.45) is 0.128. The summed E-state index contributed by atoms with van der Waals surface area (Å²) in [5, 5.41) is 0. The molecule has 9 nitrogen and oxygen atoms in total. The van der Waals surface area contributed by atoms with Gasteiger partial charge in [0.15, 0.2) is 11.5 Å². The smallest absolute Gasteiger partial charge is 0.308 e. The summed E-state index contributed by atoms with van der Waals surface area (Å²) >= 11 is 1.11. The summed E-state index contributed by atoms with van der Waals surface area (Å²) in [4.78, 5) is 28.5. The Morgan fingerprint density at radius 1 is 1.03 bits per heavy atom. The number of benzene rings is 2. The molecule has 2 aliphatic heterocycles. The van der Waals surface area contributed by atoms with Gasteiger partial charge in [0.2, 0.25) is 24.2 Å². The van der Waals surface area contributed by atoms with Crippen molar-refractivity contribution in [3.8, 4) is 28.7 Å². The topological polar surface area (TPSA) is 88.5 Å². The van der Waals surface area contributed by atoms with E-state index in [9.17, 15) is 9.59 Å². The molecule has 2 aliphatic rings. The van der Waals surface area contributed by atoms with Crippen LogP contribution >= 0.6 is 11.3 Å². The molecule has 5 rings (SSSR count). The second kappa shape index (κ2) is 8.04. The Kier molecular flexibility index (Phi) is 5.16. The summed E-state index contributed by atoms with van der Waals surface area (Å²) in [6, 6.07) is 8.99. The quantitative estimate of drug-likeness (QED) is 0.565. The van der Waals surface area contributed by atoms with Gasteiger partial charge in [0.1, 0.15) is 11.6 Å². The van der Waals surface area contributed by atoms with E-state index in [1.807, 2.05) is 12.1 Å². The van der Waals surface area contributed by atoms with Crippen LogP contribution in [0.4, 0.5) is 11.5 Å². The first-order valence-electron chi connectivity index (χ1n) is 10.2.